The van der Waals surface area contributed by atoms with Gasteiger partial charge < -0.3 is 10.2 Å². The van der Waals surface area contributed by atoms with Gasteiger partial charge in [0.1, 0.15) is 0 Å². The first-order valence-electron chi connectivity index (χ1n) is 7.43. The predicted molar refractivity (Wildman–Crippen MR) is 86.4 cm³/mol. The number of aryl methyl sites for hydroxylation is 2. The lowest BCUT2D eigenvalue weighted by Crippen LogP contribution is -2.35. The van der Waals surface area contributed by atoms with Crippen molar-refractivity contribution in [3.63, 3.8) is 0 Å². The molecule has 0 fully saturated rings. The molecule has 0 aromatic heterocycles. The van der Waals surface area contributed by atoms with Gasteiger partial charge in [-0.25, -0.2) is 0 Å². The Morgan fingerprint density at radius 3 is 2.38 bits per heavy atom. The van der Waals surface area contributed by atoms with Gasteiger partial charge in [0, 0.05) is 32.1 Å². The molecule has 1 aromatic rings. The molecule has 0 radical (unpaired) electrons. The molecule has 4 heteroatoms. The molecule has 1 rings (SSSR count). The Labute approximate surface area is 127 Å². The van der Waals surface area contributed by atoms with E-state index in [1.54, 1.807) is 4.90 Å². The summed E-state index contributed by atoms with van der Waals surface area (Å²) in [5.41, 5.74) is 3.18. The van der Waals surface area contributed by atoms with Gasteiger partial charge in [-0.15, -0.1) is 0 Å². The lowest BCUT2D eigenvalue weighted by atomic mass is 10.1. The molecule has 0 heterocycles. The summed E-state index contributed by atoms with van der Waals surface area (Å²) in [5.74, 6) is 0.367. The van der Waals surface area contributed by atoms with Crippen molar-refractivity contribution in [3.8, 4) is 0 Å². The Balaban J connectivity index is 2.68. The van der Waals surface area contributed by atoms with Gasteiger partial charge >= 0.3 is 0 Å². The average Bonchev–Trinajstić information content (AvgIpc) is 2.40. The molecule has 0 atom stereocenters. The maximum atomic E-state index is 11.8. The van der Waals surface area contributed by atoms with Crippen LogP contribution < -0.4 is 10.2 Å². The van der Waals surface area contributed by atoms with Gasteiger partial charge in [-0.2, -0.15) is 0 Å². The van der Waals surface area contributed by atoms with Gasteiger partial charge in [0.15, 0.2) is 0 Å². The van der Waals surface area contributed by atoms with Crippen LogP contribution in [-0.2, 0) is 9.59 Å². The number of anilines is 1. The van der Waals surface area contributed by atoms with E-state index in [-0.39, 0.29) is 11.8 Å². The van der Waals surface area contributed by atoms with Gasteiger partial charge in [-0.3, -0.25) is 9.59 Å². The second kappa shape index (κ2) is 7.81. The van der Waals surface area contributed by atoms with Crippen LogP contribution in [0.4, 0.5) is 5.69 Å². The first-order chi connectivity index (χ1) is 9.81. The molecule has 4 nitrogen and oxygen atoms in total. The summed E-state index contributed by atoms with van der Waals surface area (Å²) < 4.78 is 0. The van der Waals surface area contributed by atoms with Gasteiger partial charge in [-0.05, 0) is 43.0 Å². The number of amides is 2. The number of carbonyl (C=O) groups is 2. The summed E-state index contributed by atoms with van der Waals surface area (Å²) in [7, 11) is 0. The van der Waals surface area contributed by atoms with E-state index in [9.17, 15) is 9.59 Å². The van der Waals surface area contributed by atoms with Gasteiger partial charge in [0.2, 0.25) is 11.8 Å². The standard InChI is InChI=1S/C17H26N2O2/c1-12(2)11-18-17(21)8-9-19(15(5)20)16-7-6-13(3)14(4)10-16/h6-7,10,12H,8-9,11H2,1-5H3,(H,18,21). The number of rotatable bonds is 6. The fourth-order valence-corrected chi connectivity index (χ4v) is 1.98. The fraction of sp³-hybridized carbons (Fsp3) is 0.529. The third-order valence-electron chi connectivity index (χ3n) is 3.45. The minimum atomic E-state index is -0.0464. The highest BCUT2D eigenvalue weighted by atomic mass is 16.2. The highest BCUT2D eigenvalue weighted by molar-refractivity contribution is 5.92. The first kappa shape index (κ1) is 17.2. The zero-order valence-electron chi connectivity index (χ0n) is 13.7. The molecule has 21 heavy (non-hydrogen) atoms. The van der Waals surface area contributed by atoms with E-state index in [1.807, 2.05) is 32.0 Å². The Bertz CT molecular complexity index is 510. The van der Waals surface area contributed by atoms with Crippen LogP contribution in [-0.4, -0.2) is 24.9 Å². The lowest BCUT2D eigenvalue weighted by molar-refractivity contribution is -0.121. The molecule has 0 spiro atoms. The van der Waals surface area contributed by atoms with E-state index in [1.165, 1.54) is 12.5 Å². The predicted octanol–water partition coefficient (Wildman–Crippen LogP) is 2.82. The van der Waals surface area contributed by atoms with Crippen molar-refractivity contribution in [3.05, 3.63) is 29.3 Å². The molecule has 0 aliphatic rings. The zero-order chi connectivity index (χ0) is 16.0. The molecule has 2 amide bonds. The smallest absolute Gasteiger partial charge is 0.223 e. The van der Waals surface area contributed by atoms with Crippen molar-refractivity contribution >= 4 is 17.5 Å². The summed E-state index contributed by atoms with van der Waals surface area (Å²) in [6.07, 6.45) is 0.319. The van der Waals surface area contributed by atoms with Crippen LogP contribution in [0.2, 0.25) is 0 Å². The Morgan fingerprint density at radius 2 is 1.86 bits per heavy atom. The third kappa shape index (κ3) is 5.58. The average molecular weight is 290 g/mol. The highest BCUT2D eigenvalue weighted by Gasteiger charge is 2.14. The second-order valence-electron chi connectivity index (χ2n) is 5.89. The Kier molecular flexibility index (Phi) is 6.40. The van der Waals surface area contributed by atoms with E-state index < -0.39 is 0 Å². The number of hydrogen-bond acceptors (Lipinski definition) is 2. The summed E-state index contributed by atoms with van der Waals surface area (Å²) >= 11 is 0. The molecule has 0 aliphatic heterocycles. The number of hydrogen-bond donors (Lipinski definition) is 1. The van der Waals surface area contributed by atoms with E-state index >= 15 is 0 Å². The molecule has 0 unspecified atom stereocenters. The van der Waals surface area contributed by atoms with Crippen LogP contribution in [0, 0.1) is 19.8 Å². The van der Waals surface area contributed by atoms with Crippen molar-refractivity contribution < 1.29 is 9.59 Å². The second-order valence-corrected chi connectivity index (χ2v) is 5.89. The van der Waals surface area contributed by atoms with E-state index in [4.69, 9.17) is 0 Å². The maximum Gasteiger partial charge on any atom is 0.223 e. The molecule has 0 saturated heterocycles. The summed E-state index contributed by atoms with van der Waals surface area (Å²) in [5, 5.41) is 2.87. The van der Waals surface area contributed by atoms with Gasteiger partial charge in [0.25, 0.3) is 0 Å². The van der Waals surface area contributed by atoms with Crippen LogP contribution >= 0.6 is 0 Å². The number of nitrogens with zero attached hydrogens (tertiary/aromatic N) is 1. The molecule has 0 saturated carbocycles. The molecule has 1 aromatic carbocycles. The molecule has 116 valence electrons. The Morgan fingerprint density at radius 1 is 1.19 bits per heavy atom. The van der Waals surface area contributed by atoms with Crippen molar-refractivity contribution in [1.82, 2.24) is 5.32 Å². The molecular formula is C17H26N2O2. The summed E-state index contributed by atoms with van der Waals surface area (Å²) in [6.45, 7) is 10.8. The minimum Gasteiger partial charge on any atom is -0.356 e. The SMILES string of the molecule is CC(=O)N(CCC(=O)NCC(C)C)c1ccc(C)c(C)c1. The number of carbonyl (C=O) groups excluding carboxylic acids is 2. The van der Waals surface area contributed by atoms with Crippen LogP contribution in [0.5, 0.6) is 0 Å². The normalized spacial score (nSPS) is 10.6. The molecule has 1 N–H and O–H groups in total. The summed E-state index contributed by atoms with van der Waals surface area (Å²) in [4.78, 5) is 25.2. The molecule has 0 aliphatic carbocycles. The quantitative estimate of drug-likeness (QED) is 0.876. The zero-order valence-corrected chi connectivity index (χ0v) is 13.7. The topological polar surface area (TPSA) is 49.4 Å². The fourth-order valence-electron chi connectivity index (χ4n) is 1.98. The van der Waals surface area contributed by atoms with E-state index in [2.05, 4.69) is 19.2 Å². The highest BCUT2D eigenvalue weighted by Crippen LogP contribution is 2.19. The van der Waals surface area contributed by atoms with Gasteiger partial charge in [0.05, 0.1) is 0 Å². The first-order valence-corrected chi connectivity index (χ1v) is 7.43. The maximum absolute atomic E-state index is 11.8. The van der Waals surface area contributed by atoms with Crippen LogP contribution in [0.1, 0.15) is 38.3 Å². The monoisotopic (exact) mass is 290 g/mol. The van der Waals surface area contributed by atoms with Crippen molar-refractivity contribution in [2.75, 3.05) is 18.0 Å². The van der Waals surface area contributed by atoms with Crippen molar-refractivity contribution in [2.24, 2.45) is 5.92 Å². The summed E-state index contributed by atoms with van der Waals surface area (Å²) in [6, 6.07) is 5.91. The third-order valence-corrected chi connectivity index (χ3v) is 3.45. The lowest BCUT2D eigenvalue weighted by Gasteiger charge is -2.22. The largest absolute Gasteiger partial charge is 0.356 e. The minimum absolute atomic E-state index is 0.0150. The van der Waals surface area contributed by atoms with E-state index in [0.29, 0.717) is 25.4 Å². The Hall–Kier alpha value is -1.84. The molecule has 0 bridgehead atoms. The molecular weight excluding hydrogens is 264 g/mol. The van der Waals surface area contributed by atoms with Crippen molar-refractivity contribution in [1.29, 1.82) is 0 Å². The van der Waals surface area contributed by atoms with E-state index in [0.717, 1.165) is 11.3 Å². The number of nitrogens with one attached hydrogen (secondary N) is 1. The number of benzene rings is 1. The van der Waals surface area contributed by atoms with Crippen LogP contribution in [0.25, 0.3) is 0 Å². The van der Waals surface area contributed by atoms with Crippen molar-refractivity contribution in [2.45, 2.75) is 41.0 Å². The van der Waals surface area contributed by atoms with Crippen LogP contribution in [0.15, 0.2) is 18.2 Å². The van der Waals surface area contributed by atoms with Gasteiger partial charge in [-0.1, -0.05) is 19.9 Å². The van der Waals surface area contributed by atoms with Crippen LogP contribution in [0.3, 0.4) is 0 Å².